The van der Waals surface area contributed by atoms with Crippen molar-refractivity contribution in [2.75, 3.05) is 0 Å². The number of halogens is 1. The topological polar surface area (TPSA) is 46.2 Å². The third-order valence-electron chi connectivity index (χ3n) is 1.79. The number of nitrogens with two attached hydrogens (primary N) is 1. The van der Waals surface area contributed by atoms with Gasteiger partial charge in [0.15, 0.2) is 0 Å². The van der Waals surface area contributed by atoms with Crippen LogP contribution in [0, 0.1) is 0 Å². The first-order valence-electron chi connectivity index (χ1n) is 3.99. The van der Waals surface area contributed by atoms with Gasteiger partial charge in [-0.1, -0.05) is 36.4 Å². The quantitative estimate of drug-likeness (QED) is 0.697. The molecule has 0 radical (unpaired) electrons. The van der Waals surface area contributed by atoms with Gasteiger partial charge in [0.1, 0.15) is 5.72 Å². The molecule has 0 saturated heterocycles. The van der Waals surface area contributed by atoms with Crippen LogP contribution in [0.3, 0.4) is 0 Å². The summed E-state index contributed by atoms with van der Waals surface area (Å²) < 4.78 is 11.7. The summed E-state index contributed by atoms with van der Waals surface area (Å²) >= 11 is 0. The predicted octanol–water partition coefficient (Wildman–Crippen LogP) is 1.66. The van der Waals surface area contributed by atoms with E-state index in [4.69, 9.17) is 5.73 Å². The van der Waals surface area contributed by atoms with Crippen molar-refractivity contribution >= 4 is 0 Å². The van der Waals surface area contributed by atoms with Crippen molar-refractivity contribution in [2.45, 2.75) is 12.1 Å². The Morgan fingerprint density at radius 3 is 2.54 bits per heavy atom. The van der Waals surface area contributed by atoms with Gasteiger partial charge in [-0.05, 0) is 5.56 Å². The number of benzene rings is 1. The summed E-state index contributed by atoms with van der Waals surface area (Å²) in [7, 11) is 0. The van der Waals surface area contributed by atoms with Crippen molar-refractivity contribution in [1.29, 1.82) is 0 Å². The highest BCUT2D eigenvalue weighted by atomic mass is 19.1. The molecule has 0 fully saturated rings. The molecule has 2 nitrogen and oxygen atoms in total. The molecular weight excluding hydrogens is 169 g/mol. The molecule has 0 aliphatic carbocycles. The van der Waals surface area contributed by atoms with Crippen LogP contribution in [0.1, 0.15) is 12.0 Å². The maximum Gasteiger partial charge on any atom is 0.143 e. The van der Waals surface area contributed by atoms with Gasteiger partial charge in [-0.2, -0.15) is 0 Å². The van der Waals surface area contributed by atoms with Crippen molar-refractivity contribution in [1.82, 2.24) is 0 Å². The zero-order valence-corrected chi connectivity index (χ0v) is 7.15. The molecule has 0 aliphatic rings. The van der Waals surface area contributed by atoms with E-state index in [2.05, 4.69) is 0 Å². The molecule has 1 atom stereocenters. The second kappa shape index (κ2) is 4.16. The van der Waals surface area contributed by atoms with Gasteiger partial charge in [0.2, 0.25) is 0 Å². The number of hydrogen-bond donors (Lipinski definition) is 2. The molecule has 0 heterocycles. The van der Waals surface area contributed by atoms with E-state index in [0.717, 1.165) is 0 Å². The summed E-state index contributed by atoms with van der Waals surface area (Å²) in [6.07, 6.45) is 1.63. The van der Waals surface area contributed by atoms with Gasteiger partial charge in [-0.15, -0.1) is 0 Å². The summed E-state index contributed by atoms with van der Waals surface area (Å²) in [4.78, 5) is 0. The molecule has 1 aromatic rings. The van der Waals surface area contributed by atoms with Gasteiger partial charge in [-0.25, -0.2) is 4.39 Å². The first-order chi connectivity index (χ1) is 6.17. The lowest BCUT2D eigenvalue weighted by atomic mass is 10.0. The SMILES string of the molecule is NC(O)(CC=CF)c1ccccc1. The highest BCUT2D eigenvalue weighted by Gasteiger charge is 2.21. The minimum atomic E-state index is -1.48. The van der Waals surface area contributed by atoms with E-state index < -0.39 is 5.72 Å². The largest absolute Gasteiger partial charge is 0.371 e. The summed E-state index contributed by atoms with van der Waals surface area (Å²) in [5.41, 5.74) is 4.66. The average molecular weight is 181 g/mol. The van der Waals surface area contributed by atoms with Crippen molar-refractivity contribution in [2.24, 2.45) is 5.73 Å². The molecule has 70 valence electrons. The lowest BCUT2D eigenvalue weighted by Crippen LogP contribution is -2.35. The molecule has 0 bridgehead atoms. The predicted molar refractivity (Wildman–Crippen MR) is 49.4 cm³/mol. The van der Waals surface area contributed by atoms with Crippen LogP contribution in [0.5, 0.6) is 0 Å². The summed E-state index contributed by atoms with van der Waals surface area (Å²) in [5, 5.41) is 9.68. The summed E-state index contributed by atoms with van der Waals surface area (Å²) in [5.74, 6) is 0. The number of hydrogen-bond acceptors (Lipinski definition) is 2. The van der Waals surface area contributed by atoms with Crippen LogP contribution in [0.2, 0.25) is 0 Å². The molecule has 1 aromatic carbocycles. The summed E-state index contributed by atoms with van der Waals surface area (Å²) in [6.45, 7) is 0. The molecular formula is C10H12FNO. The second-order valence-corrected chi connectivity index (χ2v) is 2.86. The van der Waals surface area contributed by atoms with Crippen LogP contribution in [0.4, 0.5) is 4.39 Å². The Kier molecular flexibility index (Phi) is 3.17. The molecule has 0 saturated carbocycles. The van der Waals surface area contributed by atoms with Gasteiger partial charge >= 0.3 is 0 Å². The van der Waals surface area contributed by atoms with Crippen LogP contribution >= 0.6 is 0 Å². The zero-order chi connectivity index (χ0) is 9.73. The van der Waals surface area contributed by atoms with Crippen molar-refractivity contribution < 1.29 is 9.50 Å². The molecule has 0 spiro atoms. The number of aliphatic hydroxyl groups is 1. The Morgan fingerprint density at radius 2 is 2.00 bits per heavy atom. The fourth-order valence-electron chi connectivity index (χ4n) is 1.07. The van der Waals surface area contributed by atoms with E-state index in [1.54, 1.807) is 24.3 Å². The zero-order valence-electron chi connectivity index (χ0n) is 7.15. The van der Waals surface area contributed by atoms with Crippen molar-refractivity contribution in [3.8, 4) is 0 Å². The highest BCUT2D eigenvalue weighted by Crippen LogP contribution is 2.18. The lowest BCUT2D eigenvalue weighted by molar-refractivity contribution is 0.0465. The van der Waals surface area contributed by atoms with Crippen molar-refractivity contribution in [3.05, 3.63) is 48.3 Å². The second-order valence-electron chi connectivity index (χ2n) is 2.86. The maximum atomic E-state index is 11.7. The first-order valence-corrected chi connectivity index (χ1v) is 3.99. The Labute approximate surface area is 76.5 Å². The van der Waals surface area contributed by atoms with Crippen LogP contribution < -0.4 is 5.73 Å². The van der Waals surface area contributed by atoms with Gasteiger partial charge in [-0.3, -0.25) is 5.73 Å². The minimum Gasteiger partial charge on any atom is -0.371 e. The minimum absolute atomic E-state index is 0.0630. The standard InChI is InChI=1S/C10H12FNO/c11-8-4-7-10(12,13)9-5-2-1-3-6-9/h1-6,8,13H,7,12H2. The first kappa shape index (κ1) is 9.89. The molecule has 0 amide bonds. The normalized spacial score (nSPS) is 15.9. The molecule has 3 heteroatoms. The smallest absolute Gasteiger partial charge is 0.143 e. The Hall–Kier alpha value is -1.19. The molecule has 1 unspecified atom stereocenters. The molecule has 1 rings (SSSR count). The van der Waals surface area contributed by atoms with E-state index in [9.17, 15) is 9.50 Å². The molecule has 0 aromatic heterocycles. The van der Waals surface area contributed by atoms with E-state index >= 15 is 0 Å². The van der Waals surface area contributed by atoms with E-state index in [0.29, 0.717) is 11.9 Å². The van der Waals surface area contributed by atoms with Gasteiger partial charge in [0, 0.05) is 6.42 Å². The monoisotopic (exact) mass is 181 g/mol. The van der Waals surface area contributed by atoms with Crippen molar-refractivity contribution in [3.63, 3.8) is 0 Å². The molecule has 0 aliphatic heterocycles. The fourth-order valence-corrected chi connectivity index (χ4v) is 1.07. The van der Waals surface area contributed by atoms with Crippen LogP contribution in [-0.2, 0) is 5.72 Å². The fraction of sp³-hybridized carbons (Fsp3) is 0.200. The van der Waals surface area contributed by atoms with E-state index in [1.165, 1.54) is 6.08 Å². The highest BCUT2D eigenvalue weighted by molar-refractivity contribution is 5.21. The van der Waals surface area contributed by atoms with Crippen LogP contribution in [-0.4, -0.2) is 5.11 Å². The average Bonchev–Trinajstić information content (AvgIpc) is 2.16. The Morgan fingerprint density at radius 1 is 1.38 bits per heavy atom. The maximum absolute atomic E-state index is 11.7. The third kappa shape index (κ3) is 2.65. The summed E-state index contributed by atoms with van der Waals surface area (Å²) in [6, 6.07) is 8.77. The number of rotatable bonds is 3. The van der Waals surface area contributed by atoms with E-state index in [-0.39, 0.29) is 6.42 Å². The third-order valence-corrected chi connectivity index (χ3v) is 1.79. The van der Waals surface area contributed by atoms with Crippen LogP contribution in [0.15, 0.2) is 42.7 Å². The lowest BCUT2D eigenvalue weighted by Gasteiger charge is -2.21. The molecule has 13 heavy (non-hydrogen) atoms. The molecule has 3 N–H and O–H groups in total. The van der Waals surface area contributed by atoms with Gasteiger partial charge in [0.05, 0.1) is 6.33 Å². The Balaban J connectivity index is 2.81. The van der Waals surface area contributed by atoms with Gasteiger partial charge in [0.25, 0.3) is 0 Å². The van der Waals surface area contributed by atoms with E-state index in [1.807, 2.05) is 6.07 Å². The van der Waals surface area contributed by atoms with Crippen LogP contribution in [0.25, 0.3) is 0 Å². The Bertz CT molecular complexity index is 282. The van der Waals surface area contributed by atoms with Gasteiger partial charge < -0.3 is 5.11 Å².